The zero-order valence-corrected chi connectivity index (χ0v) is 15.6. The molecular formula is C19H16N6O2S. The molecule has 2 N–H and O–H groups in total. The lowest BCUT2D eigenvalue weighted by atomic mass is 10.0. The molecule has 3 aromatic rings. The van der Waals surface area contributed by atoms with Crippen LogP contribution in [-0.2, 0) is 4.79 Å². The van der Waals surface area contributed by atoms with Gasteiger partial charge in [0.25, 0.3) is 5.91 Å². The molecule has 0 unspecified atom stereocenters. The highest BCUT2D eigenvalue weighted by molar-refractivity contribution is 7.99. The van der Waals surface area contributed by atoms with Gasteiger partial charge in [0.05, 0.1) is 35.3 Å². The Morgan fingerprint density at radius 2 is 2.21 bits per heavy atom. The third kappa shape index (κ3) is 3.42. The summed E-state index contributed by atoms with van der Waals surface area (Å²) in [5.41, 5.74) is 2.84. The lowest BCUT2D eigenvalue weighted by Gasteiger charge is -2.18. The van der Waals surface area contributed by atoms with E-state index in [0.717, 1.165) is 11.3 Å². The molecule has 0 spiro atoms. The summed E-state index contributed by atoms with van der Waals surface area (Å²) in [6.45, 7) is -0.151. The van der Waals surface area contributed by atoms with E-state index < -0.39 is 6.04 Å². The van der Waals surface area contributed by atoms with Crippen molar-refractivity contribution < 1.29 is 9.59 Å². The van der Waals surface area contributed by atoms with Gasteiger partial charge in [0, 0.05) is 29.1 Å². The summed E-state index contributed by atoms with van der Waals surface area (Å²) in [6.07, 6.45) is 3.23. The molecule has 0 bridgehead atoms. The molecule has 1 fully saturated rings. The second-order valence-electron chi connectivity index (χ2n) is 6.25. The van der Waals surface area contributed by atoms with E-state index in [-0.39, 0.29) is 18.4 Å². The summed E-state index contributed by atoms with van der Waals surface area (Å²) in [7, 11) is 0. The Morgan fingerprint density at radius 1 is 1.32 bits per heavy atom. The number of hydrogen-bond acceptors (Lipinski definition) is 6. The number of nitrogens with one attached hydrogen (secondary N) is 2. The Bertz CT molecular complexity index is 1080. The minimum Gasteiger partial charge on any atom is -0.343 e. The largest absolute Gasteiger partial charge is 0.343 e. The highest BCUT2D eigenvalue weighted by Crippen LogP contribution is 2.24. The molecule has 8 nitrogen and oxygen atoms in total. The number of benzene rings is 1. The average Bonchev–Trinajstić information content (AvgIpc) is 3.42. The lowest BCUT2D eigenvalue weighted by Crippen LogP contribution is -2.42. The van der Waals surface area contributed by atoms with Gasteiger partial charge in [0.2, 0.25) is 5.91 Å². The van der Waals surface area contributed by atoms with Crippen molar-refractivity contribution >= 4 is 34.5 Å². The normalized spacial score (nSPS) is 16.1. The van der Waals surface area contributed by atoms with Gasteiger partial charge in [-0.3, -0.25) is 19.7 Å². The summed E-state index contributed by atoms with van der Waals surface area (Å²) in [4.78, 5) is 30.9. The molecule has 2 aromatic heterocycles. The summed E-state index contributed by atoms with van der Waals surface area (Å²) < 4.78 is 0. The van der Waals surface area contributed by atoms with E-state index >= 15 is 0 Å². The van der Waals surface area contributed by atoms with Crippen LogP contribution in [0.4, 0.5) is 0 Å². The van der Waals surface area contributed by atoms with Crippen molar-refractivity contribution in [1.82, 2.24) is 25.4 Å². The fourth-order valence-corrected chi connectivity index (χ4v) is 4.18. The monoisotopic (exact) mass is 392 g/mol. The van der Waals surface area contributed by atoms with E-state index in [9.17, 15) is 9.59 Å². The van der Waals surface area contributed by atoms with Crippen LogP contribution in [0.15, 0.2) is 42.7 Å². The van der Waals surface area contributed by atoms with Crippen LogP contribution in [-0.4, -0.2) is 56.1 Å². The van der Waals surface area contributed by atoms with E-state index in [2.05, 4.69) is 26.6 Å². The number of carbonyl (C=O) groups is 2. The number of hydrogen-bond donors (Lipinski definition) is 2. The molecule has 3 heterocycles. The smallest absolute Gasteiger partial charge is 0.252 e. The summed E-state index contributed by atoms with van der Waals surface area (Å²) in [6, 6.07) is 10.8. The summed E-state index contributed by atoms with van der Waals surface area (Å²) in [5, 5.41) is 19.3. The Kier molecular flexibility index (Phi) is 4.95. The minimum absolute atomic E-state index is 0.151. The molecule has 1 aliphatic heterocycles. The van der Waals surface area contributed by atoms with Crippen LogP contribution in [0.25, 0.3) is 22.2 Å². The highest BCUT2D eigenvalue weighted by Gasteiger charge is 2.29. The van der Waals surface area contributed by atoms with Gasteiger partial charge in [-0.2, -0.15) is 10.4 Å². The molecule has 0 saturated carbocycles. The van der Waals surface area contributed by atoms with E-state index in [0.29, 0.717) is 28.1 Å². The number of pyridine rings is 1. The standard InChI is InChI=1S/C19H16N6O2S/c20-8-13-10-28-11-25(13)18(26)9-22-19(27)14-3-5-21-17-2-1-12(7-15(14)17)16-4-6-23-24-16/h1-7,13H,9-11H2,(H,22,27)(H,23,24)/t13-/m1/s1. The van der Waals surface area contributed by atoms with Gasteiger partial charge in [-0.1, -0.05) is 6.07 Å². The number of aromatic nitrogens is 3. The predicted molar refractivity (Wildman–Crippen MR) is 105 cm³/mol. The molecule has 140 valence electrons. The van der Waals surface area contributed by atoms with E-state index in [1.165, 1.54) is 16.7 Å². The first-order chi connectivity index (χ1) is 13.7. The van der Waals surface area contributed by atoms with Gasteiger partial charge in [0.15, 0.2) is 0 Å². The molecule has 0 aliphatic carbocycles. The molecular weight excluding hydrogens is 376 g/mol. The van der Waals surface area contributed by atoms with Crippen LogP contribution >= 0.6 is 11.8 Å². The topological polar surface area (TPSA) is 115 Å². The number of aromatic amines is 1. The van der Waals surface area contributed by atoms with Gasteiger partial charge in [-0.05, 0) is 24.3 Å². The van der Waals surface area contributed by atoms with Crippen molar-refractivity contribution in [3.05, 3.63) is 48.3 Å². The van der Waals surface area contributed by atoms with Gasteiger partial charge >= 0.3 is 0 Å². The molecule has 1 aliphatic rings. The lowest BCUT2D eigenvalue weighted by molar-refractivity contribution is -0.129. The maximum absolute atomic E-state index is 12.7. The molecule has 0 radical (unpaired) electrons. The van der Waals surface area contributed by atoms with Crippen LogP contribution in [0.5, 0.6) is 0 Å². The van der Waals surface area contributed by atoms with Gasteiger partial charge < -0.3 is 10.2 Å². The fraction of sp³-hybridized carbons (Fsp3) is 0.211. The number of nitriles is 1. The SMILES string of the molecule is N#C[C@@H]1CSCN1C(=O)CNC(=O)c1ccnc2ccc(-c3ccn[nH]3)cc12. The molecule has 1 atom stereocenters. The third-order valence-corrected chi connectivity index (χ3v) is 5.56. The fourth-order valence-electron chi connectivity index (χ4n) is 3.08. The molecule has 4 rings (SSSR count). The Hall–Kier alpha value is -3.38. The number of thioether (sulfide) groups is 1. The van der Waals surface area contributed by atoms with Crippen LogP contribution < -0.4 is 5.32 Å². The number of nitrogens with zero attached hydrogens (tertiary/aromatic N) is 4. The molecule has 28 heavy (non-hydrogen) atoms. The van der Waals surface area contributed by atoms with Crippen LogP contribution in [0, 0.1) is 11.3 Å². The van der Waals surface area contributed by atoms with Crippen molar-refractivity contribution in [2.75, 3.05) is 18.2 Å². The zero-order valence-electron chi connectivity index (χ0n) is 14.8. The Morgan fingerprint density at radius 3 is 3.00 bits per heavy atom. The molecule has 2 amide bonds. The van der Waals surface area contributed by atoms with Gasteiger partial charge in [-0.15, -0.1) is 11.8 Å². The zero-order chi connectivity index (χ0) is 19.5. The van der Waals surface area contributed by atoms with Crippen LogP contribution in [0.3, 0.4) is 0 Å². The average molecular weight is 392 g/mol. The first kappa shape index (κ1) is 18.0. The van der Waals surface area contributed by atoms with Crippen molar-refractivity contribution in [2.24, 2.45) is 0 Å². The maximum Gasteiger partial charge on any atom is 0.252 e. The number of fused-ring (bicyclic) bond motifs is 1. The molecule has 1 saturated heterocycles. The Labute approximate surface area is 164 Å². The highest BCUT2D eigenvalue weighted by atomic mass is 32.2. The van der Waals surface area contributed by atoms with E-state index in [1.807, 2.05) is 24.3 Å². The quantitative estimate of drug-likeness (QED) is 0.699. The van der Waals surface area contributed by atoms with Crippen molar-refractivity contribution in [3.63, 3.8) is 0 Å². The van der Waals surface area contributed by atoms with Crippen molar-refractivity contribution in [2.45, 2.75) is 6.04 Å². The number of amides is 2. The van der Waals surface area contributed by atoms with E-state index in [4.69, 9.17) is 5.26 Å². The van der Waals surface area contributed by atoms with Gasteiger partial charge in [0.1, 0.15) is 6.04 Å². The van der Waals surface area contributed by atoms with Gasteiger partial charge in [-0.25, -0.2) is 0 Å². The predicted octanol–water partition coefficient (Wildman–Crippen LogP) is 1.78. The first-order valence-corrected chi connectivity index (χ1v) is 9.76. The minimum atomic E-state index is -0.437. The van der Waals surface area contributed by atoms with Crippen LogP contribution in [0.2, 0.25) is 0 Å². The van der Waals surface area contributed by atoms with Crippen molar-refractivity contribution in [3.8, 4) is 17.3 Å². The second-order valence-corrected chi connectivity index (χ2v) is 7.25. The number of rotatable bonds is 4. The van der Waals surface area contributed by atoms with E-state index in [1.54, 1.807) is 18.5 Å². The molecule has 9 heteroatoms. The summed E-state index contributed by atoms with van der Waals surface area (Å²) in [5.74, 6) is 0.449. The number of carbonyl (C=O) groups excluding carboxylic acids is 2. The number of H-pyrrole nitrogens is 1. The summed E-state index contributed by atoms with van der Waals surface area (Å²) >= 11 is 1.53. The first-order valence-electron chi connectivity index (χ1n) is 8.61. The molecule has 1 aromatic carbocycles. The maximum atomic E-state index is 12.7. The second kappa shape index (κ2) is 7.70. The van der Waals surface area contributed by atoms with Crippen molar-refractivity contribution in [1.29, 1.82) is 5.26 Å². The van der Waals surface area contributed by atoms with Crippen LogP contribution in [0.1, 0.15) is 10.4 Å². The Balaban J connectivity index is 1.55. The third-order valence-electron chi connectivity index (χ3n) is 4.55.